The quantitative estimate of drug-likeness (QED) is 0.694. The normalized spacial score (nSPS) is 8.92. The fourth-order valence-corrected chi connectivity index (χ4v) is 1.06. The molecule has 0 N–H and O–H groups in total. The molecule has 66 valence electrons. The Balaban J connectivity index is 2.86. The summed E-state index contributed by atoms with van der Waals surface area (Å²) in [6, 6.07) is 6.44. The van der Waals surface area contributed by atoms with E-state index < -0.39 is 0 Å². The molecule has 0 aliphatic carbocycles. The van der Waals surface area contributed by atoms with Gasteiger partial charge in [-0.05, 0) is 18.2 Å². The molecule has 0 saturated heterocycles. The Hall–Kier alpha value is -1.53. The average Bonchev–Trinajstić information content (AvgIpc) is 2.16. The van der Waals surface area contributed by atoms with Gasteiger partial charge in [0.1, 0.15) is 18.1 Å². The van der Waals surface area contributed by atoms with Gasteiger partial charge in [-0.25, -0.2) is 0 Å². The van der Waals surface area contributed by atoms with Crippen LogP contribution in [0, 0.1) is 11.3 Å². The van der Waals surface area contributed by atoms with E-state index in [1.165, 1.54) is 6.07 Å². The van der Waals surface area contributed by atoms with Gasteiger partial charge in [-0.2, -0.15) is 5.26 Å². The first kappa shape index (κ1) is 9.56. The monoisotopic (exact) mass is 195 g/mol. The first-order chi connectivity index (χ1) is 6.27. The number of nitriles is 1. The van der Waals surface area contributed by atoms with Crippen LogP contribution in [0.15, 0.2) is 18.2 Å². The summed E-state index contributed by atoms with van der Waals surface area (Å²) >= 11 is 5.75. The first-order valence-electron chi connectivity index (χ1n) is 3.52. The SMILES string of the molecule is N#CCOc1ccc(C=O)cc1Cl. The smallest absolute Gasteiger partial charge is 0.174 e. The van der Waals surface area contributed by atoms with Crippen molar-refractivity contribution in [2.75, 3.05) is 6.61 Å². The van der Waals surface area contributed by atoms with Crippen LogP contribution in [0.25, 0.3) is 0 Å². The number of aldehydes is 1. The highest BCUT2D eigenvalue weighted by molar-refractivity contribution is 6.32. The second kappa shape index (κ2) is 4.48. The molecule has 13 heavy (non-hydrogen) atoms. The van der Waals surface area contributed by atoms with Crippen LogP contribution in [0.1, 0.15) is 10.4 Å². The van der Waals surface area contributed by atoms with E-state index in [9.17, 15) is 4.79 Å². The third kappa shape index (κ3) is 2.46. The average molecular weight is 196 g/mol. The van der Waals surface area contributed by atoms with E-state index in [4.69, 9.17) is 21.6 Å². The molecule has 0 amide bonds. The number of rotatable bonds is 3. The summed E-state index contributed by atoms with van der Waals surface area (Å²) in [5, 5.41) is 8.58. The summed E-state index contributed by atoms with van der Waals surface area (Å²) in [6.07, 6.45) is 0.694. The van der Waals surface area contributed by atoms with Gasteiger partial charge in [-0.1, -0.05) is 11.6 Å². The topological polar surface area (TPSA) is 50.1 Å². The zero-order valence-electron chi connectivity index (χ0n) is 6.66. The Morgan fingerprint density at radius 3 is 2.92 bits per heavy atom. The summed E-state index contributed by atoms with van der Waals surface area (Å²) in [5.41, 5.74) is 0.481. The van der Waals surface area contributed by atoms with Crippen LogP contribution < -0.4 is 4.74 Å². The molecular weight excluding hydrogens is 190 g/mol. The van der Waals surface area contributed by atoms with E-state index in [-0.39, 0.29) is 6.61 Å². The summed E-state index contributed by atoms with van der Waals surface area (Å²) in [4.78, 5) is 10.3. The molecule has 0 atom stereocenters. The molecule has 0 spiro atoms. The van der Waals surface area contributed by atoms with Crippen molar-refractivity contribution >= 4 is 17.9 Å². The van der Waals surface area contributed by atoms with Crippen LogP contribution in [-0.4, -0.2) is 12.9 Å². The molecule has 0 aliphatic rings. The molecule has 0 aliphatic heterocycles. The molecule has 0 bridgehead atoms. The number of hydrogen-bond acceptors (Lipinski definition) is 3. The minimum absolute atomic E-state index is 0.0554. The third-order valence-corrected chi connectivity index (χ3v) is 1.68. The molecule has 4 heteroatoms. The van der Waals surface area contributed by atoms with Crippen molar-refractivity contribution in [3.05, 3.63) is 28.8 Å². The molecule has 0 radical (unpaired) electrons. The minimum atomic E-state index is -0.0554. The zero-order valence-corrected chi connectivity index (χ0v) is 7.41. The molecule has 0 saturated carbocycles. The molecule has 0 fully saturated rings. The minimum Gasteiger partial charge on any atom is -0.477 e. The Kier molecular flexibility index (Phi) is 3.30. The zero-order chi connectivity index (χ0) is 9.68. The van der Waals surface area contributed by atoms with Crippen molar-refractivity contribution < 1.29 is 9.53 Å². The van der Waals surface area contributed by atoms with Gasteiger partial charge in [0.05, 0.1) is 5.02 Å². The molecular formula is C9H6ClNO2. The largest absolute Gasteiger partial charge is 0.477 e. The maximum atomic E-state index is 10.3. The van der Waals surface area contributed by atoms with Crippen LogP contribution >= 0.6 is 11.6 Å². The van der Waals surface area contributed by atoms with Crippen molar-refractivity contribution in [1.29, 1.82) is 5.26 Å². The van der Waals surface area contributed by atoms with Gasteiger partial charge in [-0.3, -0.25) is 4.79 Å². The van der Waals surface area contributed by atoms with Gasteiger partial charge < -0.3 is 4.74 Å². The Labute approximate surface area is 80.5 Å². The lowest BCUT2D eigenvalue weighted by molar-refractivity contribution is 0.112. The Bertz CT molecular complexity index is 357. The maximum absolute atomic E-state index is 10.3. The number of hydrogen-bond donors (Lipinski definition) is 0. The molecule has 0 unspecified atom stereocenters. The van der Waals surface area contributed by atoms with Crippen LogP contribution in [-0.2, 0) is 0 Å². The van der Waals surface area contributed by atoms with Crippen LogP contribution in [0.2, 0.25) is 5.02 Å². The molecule has 1 aromatic carbocycles. The van der Waals surface area contributed by atoms with E-state index in [2.05, 4.69) is 0 Å². The number of halogens is 1. The molecule has 3 nitrogen and oxygen atoms in total. The van der Waals surface area contributed by atoms with Crippen LogP contribution in [0.3, 0.4) is 0 Å². The number of ether oxygens (including phenoxy) is 1. The van der Waals surface area contributed by atoms with Crippen molar-refractivity contribution in [1.82, 2.24) is 0 Å². The van der Waals surface area contributed by atoms with E-state index in [1.54, 1.807) is 12.1 Å². The lowest BCUT2D eigenvalue weighted by atomic mass is 10.2. The predicted molar refractivity (Wildman–Crippen MR) is 47.9 cm³/mol. The Morgan fingerprint density at radius 2 is 2.38 bits per heavy atom. The highest BCUT2D eigenvalue weighted by atomic mass is 35.5. The summed E-state index contributed by atoms with van der Waals surface area (Å²) < 4.78 is 4.98. The lowest BCUT2D eigenvalue weighted by Crippen LogP contribution is -1.94. The maximum Gasteiger partial charge on any atom is 0.174 e. The second-order valence-corrected chi connectivity index (χ2v) is 2.66. The Morgan fingerprint density at radius 1 is 1.62 bits per heavy atom. The predicted octanol–water partition coefficient (Wildman–Crippen LogP) is 2.05. The van der Waals surface area contributed by atoms with Gasteiger partial charge in [-0.15, -0.1) is 0 Å². The molecule has 0 aromatic heterocycles. The second-order valence-electron chi connectivity index (χ2n) is 2.25. The van der Waals surface area contributed by atoms with Crippen molar-refractivity contribution in [3.63, 3.8) is 0 Å². The van der Waals surface area contributed by atoms with Gasteiger partial charge in [0, 0.05) is 5.56 Å². The highest BCUT2D eigenvalue weighted by Crippen LogP contribution is 2.24. The fraction of sp³-hybridized carbons (Fsp3) is 0.111. The van der Waals surface area contributed by atoms with E-state index in [0.717, 1.165) is 0 Å². The van der Waals surface area contributed by atoms with Crippen LogP contribution in [0.5, 0.6) is 5.75 Å². The van der Waals surface area contributed by atoms with Crippen molar-refractivity contribution in [2.45, 2.75) is 0 Å². The van der Waals surface area contributed by atoms with Gasteiger partial charge in [0.25, 0.3) is 0 Å². The molecule has 0 heterocycles. The van der Waals surface area contributed by atoms with Crippen LogP contribution in [0.4, 0.5) is 0 Å². The number of nitrogens with zero attached hydrogens (tertiary/aromatic N) is 1. The van der Waals surface area contributed by atoms with Gasteiger partial charge in [0.15, 0.2) is 6.61 Å². The van der Waals surface area contributed by atoms with E-state index in [0.29, 0.717) is 22.6 Å². The third-order valence-electron chi connectivity index (χ3n) is 1.38. The lowest BCUT2D eigenvalue weighted by Gasteiger charge is -2.03. The number of carbonyl (C=O) groups is 1. The molecule has 1 aromatic rings. The highest BCUT2D eigenvalue weighted by Gasteiger charge is 2.01. The van der Waals surface area contributed by atoms with Gasteiger partial charge in [0.2, 0.25) is 0 Å². The van der Waals surface area contributed by atoms with E-state index in [1.807, 2.05) is 6.07 Å². The fourth-order valence-electron chi connectivity index (χ4n) is 0.817. The summed E-state index contributed by atoms with van der Waals surface area (Å²) in [6.45, 7) is -0.0554. The summed E-state index contributed by atoms with van der Waals surface area (Å²) in [5.74, 6) is 0.411. The standard InChI is InChI=1S/C9H6ClNO2/c10-8-5-7(6-12)1-2-9(8)13-4-3-11/h1-2,5-6H,4H2. The van der Waals surface area contributed by atoms with Gasteiger partial charge >= 0.3 is 0 Å². The van der Waals surface area contributed by atoms with Crippen molar-refractivity contribution in [3.8, 4) is 11.8 Å². The summed E-state index contributed by atoms with van der Waals surface area (Å²) in [7, 11) is 0. The van der Waals surface area contributed by atoms with Crippen molar-refractivity contribution in [2.24, 2.45) is 0 Å². The van der Waals surface area contributed by atoms with E-state index >= 15 is 0 Å². The molecule has 1 rings (SSSR count). The first-order valence-corrected chi connectivity index (χ1v) is 3.90. The number of carbonyl (C=O) groups excluding carboxylic acids is 1. The number of benzene rings is 1.